The highest BCUT2D eigenvalue weighted by atomic mass is 19.1. The highest BCUT2D eigenvalue weighted by Gasteiger charge is 2.22. The number of nitrogens with two attached hydrogens (primary N) is 1. The highest BCUT2D eigenvalue weighted by Crippen LogP contribution is 2.30. The van der Waals surface area contributed by atoms with Gasteiger partial charge in [-0.1, -0.05) is 24.3 Å². The van der Waals surface area contributed by atoms with Crippen LogP contribution < -0.4 is 11.1 Å². The Morgan fingerprint density at radius 1 is 1.06 bits per heavy atom. The van der Waals surface area contributed by atoms with Gasteiger partial charge in [0.1, 0.15) is 18.3 Å². The molecule has 0 fully saturated rings. The molecule has 5 aromatic rings. The van der Waals surface area contributed by atoms with E-state index in [9.17, 15) is 13.6 Å². The van der Waals surface area contributed by atoms with Crippen molar-refractivity contribution in [2.75, 3.05) is 5.32 Å². The van der Waals surface area contributed by atoms with Gasteiger partial charge in [0, 0.05) is 29.4 Å². The largest absolute Gasteiger partial charge is 0.324 e. The average Bonchev–Trinajstić information content (AvgIpc) is 3.26. The normalized spacial score (nSPS) is 12.0. The van der Waals surface area contributed by atoms with Crippen LogP contribution in [0.4, 0.5) is 14.6 Å². The van der Waals surface area contributed by atoms with Crippen LogP contribution in [-0.4, -0.2) is 25.7 Å². The van der Waals surface area contributed by atoms with Crippen molar-refractivity contribution in [2.24, 2.45) is 5.73 Å². The first-order chi connectivity index (χ1) is 17.5. The molecule has 1 unspecified atom stereocenters. The van der Waals surface area contributed by atoms with Crippen LogP contribution in [0.2, 0.25) is 0 Å². The quantitative estimate of drug-likeness (QED) is 0.338. The number of anilines is 1. The predicted octanol–water partition coefficient (Wildman–Crippen LogP) is 5.36. The van der Waals surface area contributed by atoms with Crippen molar-refractivity contribution in [1.29, 1.82) is 0 Å². The molecule has 1 atom stereocenters. The van der Waals surface area contributed by atoms with Crippen molar-refractivity contribution in [1.82, 2.24) is 19.7 Å². The van der Waals surface area contributed by atoms with E-state index in [1.54, 1.807) is 10.7 Å². The summed E-state index contributed by atoms with van der Waals surface area (Å²) in [6.07, 6.45) is 2.99. The van der Waals surface area contributed by atoms with E-state index in [2.05, 4.69) is 20.4 Å². The van der Waals surface area contributed by atoms with Gasteiger partial charge in [0.25, 0.3) is 5.91 Å². The van der Waals surface area contributed by atoms with Crippen LogP contribution in [0.5, 0.6) is 0 Å². The molecule has 1 amide bonds. The van der Waals surface area contributed by atoms with Crippen molar-refractivity contribution in [3.63, 3.8) is 0 Å². The molecule has 0 radical (unpaired) electrons. The summed E-state index contributed by atoms with van der Waals surface area (Å²) in [6.45, 7) is 0.940. The summed E-state index contributed by atoms with van der Waals surface area (Å²) in [4.78, 5) is 21.6. The van der Waals surface area contributed by atoms with E-state index in [-0.39, 0.29) is 28.6 Å². The summed E-state index contributed by atoms with van der Waals surface area (Å²) in [5.41, 5.74) is 8.28. The van der Waals surface area contributed by atoms with Gasteiger partial charge in [-0.2, -0.15) is 5.10 Å². The molecule has 2 aromatic heterocycles. The molecule has 0 aliphatic heterocycles. The van der Waals surface area contributed by atoms with Gasteiger partial charge in [-0.25, -0.2) is 23.4 Å². The zero-order chi connectivity index (χ0) is 25.2. The molecular formula is C27H22F2N6O. The number of aromatic nitrogens is 4. The van der Waals surface area contributed by atoms with Gasteiger partial charge in [0.2, 0.25) is 0 Å². The third-order valence-corrected chi connectivity index (χ3v) is 5.84. The minimum atomic E-state index is -0.931. The molecule has 3 aromatic carbocycles. The number of amides is 1. The Labute approximate surface area is 205 Å². The van der Waals surface area contributed by atoms with Crippen molar-refractivity contribution in [3.05, 3.63) is 102 Å². The SMILES string of the molecule is CC(N)c1ccc2c(NC(=O)c3cc(-c4ncccn4)c(CF)cc3F)n(-c3ccccc3)nc2c1. The first-order valence-electron chi connectivity index (χ1n) is 11.3. The van der Waals surface area contributed by atoms with Crippen LogP contribution in [0.1, 0.15) is 34.5 Å². The summed E-state index contributed by atoms with van der Waals surface area (Å²) in [6, 6.07) is 18.5. The number of alkyl halides is 1. The highest BCUT2D eigenvalue weighted by molar-refractivity contribution is 6.09. The van der Waals surface area contributed by atoms with E-state index in [0.717, 1.165) is 11.6 Å². The number of halogens is 2. The average molecular weight is 485 g/mol. The summed E-state index contributed by atoms with van der Waals surface area (Å²) in [5.74, 6) is -1.01. The number of carbonyl (C=O) groups excluding carboxylic acids is 1. The second-order valence-electron chi connectivity index (χ2n) is 8.31. The third-order valence-electron chi connectivity index (χ3n) is 5.84. The second-order valence-corrected chi connectivity index (χ2v) is 8.31. The maximum atomic E-state index is 15.0. The summed E-state index contributed by atoms with van der Waals surface area (Å²) in [7, 11) is 0. The van der Waals surface area contributed by atoms with Crippen LogP contribution in [0.15, 0.2) is 79.1 Å². The fourth-order valence-corrected chi connectivity index (χ4v) is 3.98. The predicted molar refractivity (Wildman–Crippen MR) is 134 cm³/mol. The molecule has 0 bridgehead atoms. The summed E-state index contributed by atoms with van der Waals surface area (Å²) in [5, 5.41) is 8.14. The maximum Gasteiger partial charge on any atom is 0.259 e. The number of carbonyl (C=O) groups is 1. The van der Waals surface area contributed by atoms with Crippen LogP contribution >= 0.6 is 0 Å². The number of hydrogen-bond acceptors (Lipinski definition) is 5. The number of nitrogens with one attached hydrogen (secondary N) is 1. The first kappa shape index (κ1) is 23.3. The molecule has 0 aliphatic rings. The zero-order valence-electron chi connectivity index (χ0n) is 19.3. The Bertz CT molecular complexity index is 1550. The van der Waals surface area contributed by atoms with Crippen molar-refractivity contribution < 1.29 is 13.6 Å². The van der Waals surface area contributed by atoms with Gasteiger partial charge < -0.3 is 11.1 Å². The van der Waals surface area contributed by atoms with Gasteiger partial charge in [-0.05, 0) is 60.5 Å². The molecule has 9 heteroatoms. The lowest BCUT2D eigenvalue weighted by Crippen LogP contribution is -2.17. The number of fused-ring (bicyclic) bond motifs is 1. The molecule has 180 valence electrons. The molecule has 5 rings (SSSR count). The van der Waals surface area contributed by atoms with Gasteiger partial charge in [-0.3, -0.25) is 4.79 Å². The Kier molecular flexibility index (Phi) is 6.22. The Hall–Kier alpha value is -4.50. The molecule has 0 aliphatic carbocycles. The van der Waals surface area contributed by atoms with Crippen LogP contribution in [0.25, 0.3) is 28.0 Å². The van der Waals surface area contributed by atoms with Gasteiger partial charge in [0.05, 0.1) is 16.8 Å². The van der Waals surface area contributed by atoms with E-state index in [1.807, 2.05) is 55.5 Å². The number of rotatable bonds is 6. The standard InChI is InChI=1S/C27H22F2N6O/c1-16(30)17-8-9-20-24(13-17)34-35(19-6-3-2-4-7-19)26(20)33-27(36)22-14-21(18(15-28)12-23(22)29)25-31-10-5-11-32-25/h2-14,16H,15,30H2,1H3,(H,33,36). The lowest BCUT2D eigenvalue weighted by molar-refractivity contribution is 0.102. The molecule has 0 spiro atoms. The van der Waals surface area contributed by atoms with E-state index < -0.39 is 18.4 Å². The molecule has 2 heterocycles. The smallest absolute Gasteiger partial charge is 0.259 e. The number of para-hydroxylation sites is 1. The zero-order valence-corrected chi connectivity index (χ0v) is 19.3. The lowest BCUT2D eigenvalue weighted by atomic mass is 10.0. The van der Waals surface area contributed by atoms with Crippen LogP contribution in [0, 0.1) is 5.82 Å². The third kappa shape index (κ3) is 4.32. The summed E-state index contributed by atoms with van der Waals surface area (Å²) >= 11 is 0. The lowest BCUT2D eigenvalue weighted by Gasteiger charge is -2.12. The van der Waals surface area contributed by atoms with Gasteiger partial charge >= 0.3 is 0 Å². The molecule has 0 saturated heterocycles. The van der Waals surface area contributed by atoms with E-state index in [0.29, 0.717) is 22.4 Å². The van der Waals surface area contributed by atoms with Crippen LogP contribution in [-0.2, 0) is 6.67 Å². The number of hydrogen-bond donors (Lipinski definition) is 2. The fraction of sp³-hybridized carbons (Fsp3) is 0.111. The fourth-order valence-electron chi connectivity index (χ4n) is 3.98. The molecule has 36 heavy (non-hydrogen) atoms. The molecular weight excluding hydrogens is 462 g/mol. The van der Waals surface area contributed by atoms with Crippen molar-refractivity contribution in [2.45, 2.75) is 19.6 Å². The van der Waals surface area contributed by atoms with Gasteiger partial charge in [-0.15, -0.1) is 0 Å². The van der Waals surface area contributed by atoms with E-state index >= 15 is 0 Å². The Morgan fingerprint density at radius 2 is 1.81 bits per heavy atom. The Morgan fingerprint density at radius 3 is 2.50 bits per heavy atom. The van der Waals surface area contributed by atoms with Crippen molar-refractivity contribution in [3.8, 4) is 17.1 Å². The van der Waals surface area contributed by atoms with E-state index in [4.69, 9.17) is 5.73 Å². The Balaban J connectivity index is 1.61. The molecule has 3 N–H and O–H groups in total. The minimum absolute atomic E-state index is 0.0541. The van der Waals surface area contributed by atoms with Gasteiger partial charge in [0.15, 0.2) is 5.82 Å². The first-order valence-corrected chi connectivity index (χ1v) is 11.3. The summed E-state index contributed by atoms with van der Waals surface area (Å²) < 4.78 is 30.2. The second kappa shape index (κ2) is 9.63. The number of benzene rings is 3. The van der Waals surface area contributed by atoms with Crippen molar-refractivity contribution >= 4 is 22.6 Å². The monoisotopic (exact) mass is 484 g/mol. The minimum Gasteiger partial charge on any atom is -0.324 e. The maximum absolute atomic E-state index is 15.0. The topological polar surface area (TPSA) is 98.7 Å². The molecule has 0 saturated carbocycles. The van der Waals surface area contributed by atoms with Crippen LogP contribution in [0.3, 0.4) is 0 Å². The molecule has 7 nitrogen and oxygen atoms in total. The number of nitrogens with zero attached hydrogens (tertiary/aromatic N) is 4. The van der Waals surface area contributed by atoms with E-state index in [1.165, 1.54) is 18.5 Å².